The Hall–Kier alpha value is -2.50. The maximum Gasteiger partial charge on any atom is 0.240 e. The SMILES string of the molecule is Cc1nccn1CC(=O)NC[C@@H]1COc2ccccc2O1. The number of imidazole rings is 1. The summed E-state index contributed by atoms with van der Waals surface area (Å²) in [5, 5.41) is 2.86. The maximum atomic E-state index is 11.9. The summed E-state index contributed by atoms with van der Waals surface area (Å²) in [6, 6.07) is 7.52. The summed E-state index contributed by atoms with van der Waals surface area (Å²) in [6.07, 6.45) is 3.29. The smallest absolute Gasteiger partial charge is 0.240 e. The molecule has 0 bridgehead atoms. The number of benzene rings is 1. The summed E-state index contributed by atoms with van der Waals surface area (Å²) >= 11 is 0. The minimum Gasteiger partial charge on any atom is -0.486 e. The molecule has 0 aliphatic carbocycles. The van der Waals surface area contributed by atoms with E-state index >= 15 is 0 Å². The lowest BCUT2D eigenvalue weighted by Crippen LogP contribution is -2.41. The molecule has 0 saturated carbocycles. The third kappa shape index (κ3) is 3.16. The van der Waals surface area contributed by atoms with Gasteiger partial charge >= 0.3 is 0 Å². The first-order chi connectivity index (χ1) is 10.2. The highest BCUT2D eigenvalue weighted by Crippen LogP contribution is 2.30. The van der Waals surface area contributed by atoms with Gasteiger partial charge in [0.15, 0.2) is 11.5 Å². The van der Waals surface area contributed by atoms with Crippen LogP contribution in [0.3, 0.4) is 0 Å². The molecule has 1 amide bonds. The molecule has 1 aliphatic rings. The van der Waals surface area contributed by atoms with Crippen LogP contribution < -0.4 is 14.8 Å². The van der Waals surface area contributed by atoms with Gasteiger partial charge in [0.2, 0.25) is 5.91 Å². The molecule has 1 atom stereocenters. The Labute approximate surface area is 122 Å². The largest absolute Gasteiger partial charge is 0.486 e. The highest BCUT2D eigenvalue weighted by atomic mass is 16.6. The third-order valence-corrected chi connectivity index (χ3v) is 3.33. The highest BCUT2D eigenvalue weighted by Gasteiger charge is 2.21. The molecule has 21 heavy (non-hydrogen) atoms. The molecule has 0 saturated heterocycles. The summed E-state index contributed by atoms with van der Waals surface area (Å²) in [6.45, 7) is 2.97. The zero-order chi connectivity index (χ0) is 14.7. The molecular formula is C15H17N3O3. The van der Waals surface area contributed by atoms with Gasteiger partial charge in [-0.05, 0) is 19.1 Å². The van der Waals surface area contributed by atoms with Crippen molar-refractivity contribution < 1.29 is 14.3 Å². The standard InChI is InChI=1S/C15H17N3O3/c1-11-16-6-7-18(11)9-15(19)17-8-12-10-20-13-4-2-3-5-14(13)21-12/h2-7,12H,8-10H2,1H3,(H,17,19)/t12-/m1/s1. The lowest BCUT2D eigenvalue weighted by atomic mass is 10.2. The number of aromatic nitrogens is 2. The molecule has 2 aromatic rings. The van der Waals surface area contributed by atoms with E-state index in [0.29, 0.717) is 18.9 Å². The van der Waals surface area contributed by atoms with E-state index in [4.69, 9.17) is 9.47 Å². The van der Waals surface area contributed by atoms with Gasteiger partial charge in [-0.3, -0.25) is 4.79 Å². The molecular weight excluding hydrogens is 270 g/mol. The number of carbonyl (C=O) groups is 1. The molecule has 1 aromatic heterocycles. The Kier molecular flexibility index (Phi) is 3.77. The Morgan fingerprint density at radius 2 is 2.24 bits per heavy atom. The van der Waals surface area contributed by atoms with Gasteiger partial charge < -0.3 is 19.4 Å². The molecule has 1 aromatic carbocycles. The minimum absolute atomic E-state index is 0.0708. The van der Waals surface area contributed by atoms with E-state index < -0.39 is 0 Å². The summed E-state index contributed by atoms with van der Waals surface area (Å²) in [5.74, 6) is 2.21. The Bertz CT molecular complexity index is 639. The van der Waals surface area contributed by atoms with Crippen molar-refractivity contribution in [3.05, 3.63) is 42.5 Å². The minimum atomic E-state index is -0.173. The Morgan fingerprint density at radius 1 is 1.43 bits per heavy atom. The molecule has 110 valence electrons. The van der Waals surface area contributed by atoms with E-state index in [0.717, 1.165) is 11.6 Å². The molecule has 1 aliphatic heterocycles. The number of para-hydroxylation sites is 2. The number of ether oxygens (including phenoxy) is 2. The summed E-state index contributed by atoms with van der Waals surface area (Å²) < 4.78 is 13.2. The van der Waals surface area contributed by atoms with E-state index in [9.17, 15) is 4.79 Å². The van der Waals surface area contributed by atoms with Crippen molar-refractivity contribution in [2.75, 3.05) is 13.2 Å². The highest BCUT2D eigenvalue weighted by molar-refractivity contribution is 5.75. The van der Waals surface area contributed by atoms with Crippen LogP contribution in [0.1, 0.15) is 5.82 Å². The molecule has 6 nitrogen and oxygen atoms in total. The van der Waals surface area contributed by atoms with Gasteiger partial charge in [-0.2, -0.15) is 0 Å². The van der Waals surface area contributed by atoms with Crippen LogP contribution in [0.15, 0.2) is 36.7 Å². The van der Waals surface area contributed by atoms with Crippen LogP contribution in [-0.2, 0) is 11.3 Å². The second kappa shape index (κ2) is 5.87. The molecule has 3 rings (SSSR count). The third-order valence-electron chi connectivity index (χ3n) is 3.33. The van der Waals surface area contributed by atoms with E-state index in [2.05, 4.69) is 10.3 Å². The van der Waals surface area contributed by atoms with Gasteiger partial charge in [0, 0.05) is 12.4 Å². The van der Waals surface area contributed by atoms with Crippen molar-refractivity contribution in [1.29, 1.82) is 0 Å². The van der Waals surface area contributed by atoms with Gasteiger partial charge in [-0.15, -0.1) is 0 Å². The first-order valence-electron chi connectivity index (χ1n) is 6.85. The van der Waals surface area contributed by atoms with Gasteiger partial charge in [0.05, 0.1) is 6.54 Å². The number of fused-ring (bicyclic) bond motifs is 1. The molecule has 6 heteroatoms. The molecule has 0 unspecified atom stereocenters. The predicted molar refractivity (Wildman–Crippen MR) is 76.3 cm³/mol. The number of rotatable bonds is 4. The number of nitrogens with zero attached hydrogens (tertiary/aromatic N) is 2. The Balaban J connectivity index is 1.50. The molecule has 0 radical (unpaired) electrons. The van der Waals surface area contributed by atoms with Gasteiger partial charge in [0.25, 0.3) is 0 Å². The van der Waals surface area contributed by atoms with Crippen LogP contribution in [0.2, 0.25) is 0 Å². The van der Waals surface area contributed by atoms with Crippen molar-refractivity contribution in [3.63, 3.8) is 0 Å². The van der Waals surface area contributed by atoms with Crippen LogP contribution in [-0.4, -0.2) is 34.7 Å². The number of amides is 1. The number of carbonyl (C=O) groups excluding carboxylic acids is 1. The summed E-state index contributed by atoms with van der Waals surface area (Å²) in [5.41, 5.74) is 0. The number of hydrogen-bond donors (Lipinski definition) is 1. The van der Waals surface area contributed by atoms with Crippen LogP contribution >= 0.6 is 0 Å². The zero-order valence-corrected chi connectivity index (χ0v) is 11.8. The number of aryl methyl sites for hydroxylation is 1. The molecule has 0 fully saturated rings. The van der Waals surface area contributed by atoms with E-state index in [1.54, 1.807) is 17.0 Å². The number of hydrogen-bond acceptors (Lipinski definition) is 4. The lowest BCUT2D eigenvalue weighted by molar-refractivity contribution is -0.122. The van der Waals surface area contributed by atoms with Crippen molar-refractivity contribution in [2.45, 2.75) is 19.6 Å². The van der Waals surface area contributed by atoms with Crippen LogP contribution in [0, 0.1) is 6.92 Å². The lowest BCUT2D eigenvalue weighted by Gasteiger charge is -2.26. The first-order valence-corrected chi connectivity index (χ1v) is 6.85. The van der Waals surface area contributed by atoms with Crippen molar-refractivity contribution in [1.82, 2.24) is 14.9 Å². The van der Waals surface area contributed by atoms with Crippen LogP contribution in [0.5, 0.6) is 11.5 Å². The normalized spacial score (nSPS) is 16.5. The van der Waals surface area contributed by atoms with Crippen LogP contribution in [0.4, 0.5) is 0 Å². The van der Waals surface area contributed by atoms with Gasteiger partial charge in [-0.1, -0.05) is 12.1 Å². The average Bonchev–Trinajstić information content (AvgIpc) is 2.90. The van der Waals surface area contributed by atoms with Gasteiger partial charge in [-0.25, -0.2) is 4.98 Å². The second-order valence-electron chi connectivity index (χ2n) is 4.90. The fourth-order valence-corrected chi connectivity index (χ4v) is 2.17. The molecule has 0 spiro atoms. The topological polar surface area (TPSA) is 65.4 Å². The van der Waals surface area contributed by atoms with Crippen molar-refractivity contribution in [2.24, 2.45) is 0 Å². The van der Waals surface area contributed by atoms with E-state index in [1.165, 1.54) is 0 Å². The Morgan fingerprint density at radius 3 is 3.00 bits per heavy atom. The fraction of sp³-hybridized carbons (Fsp3) is 0.333. The van der Waals surface area contributed by atoms with Crippen LogP contribution in [0.25, 0.3) is 0 Å². The predicted octanol–water partition coefficient (Wildman–Crippen LogP) is 1.15. The molecule has 1 N–H and O–H groups in total. The van der Waals surface area contributed by atoms with E-state index in [1.807, 2.05) is 31.2 Å². The molecule has 2 heterocycles. The van der Waals surface area contributed by atoms with Gasteiger partial charge in [0.1, 0.15) is 25.1 Å². The first kappa shape index (κ1) is 13.5. The second-order valence-corrected chi connectivity index (χ2v) is 4.90. The van der Waals surface area contributed by atoms with E-state index in [-0.39, 0.29) is 18.6 Å². The average molecular weight is 287 g/mol. The van der Waals surface area contributed by atoms with Crippen molar-refractivity contribution >= 4 is 5.91 Å². The van der Waals surface area contributed by atoms with Crippen molar-refractivity contribution in [3.8, 4) is 11.5 Å². The summed E-state index contributed by atoms with van der Waals surface area (Å²) in [4.78, 5) is 16.0. The quantitative estimate of drug-likeness (QED) is 0.916. The maximum absolute atomic E-state index is 11.9. The monoisotopic (exact) mass is 287 g/mol. The summed E-state index contributed by atoms with van der Waals surface area (Å²) in [7, 11) is 0. The fourth-order valence-electron chi connectivity index (χ4n) is 2.17. The zero-order valence-electron chi connectivity index (χ0n) is 11.8. The number of nitrogens with one attached hydrogen (secondary N) is 1.